The molecule has 0 unspecified atom stereocenters. The zero-order valence-corrected chi connectivity index (χ0v) is 14.4. The fraction of sp³-hybridized carbons (Fsp3) is 0.333. The Morgan fingerprint density at radius 3 is 2.48 bits per heavy atom. The summed E-state index contributed by atoms with van der Waals surface area (Å²) in [5.41, 5.74) is 7.77. The summed E-state index contributed by atoms with van der Waals surface area (Å²) in [5, 5.41) is 2.01. The van der Waals surface area contributed by atoms with Gasteiger partial charge in [0.1, 0.15) is 0 Å². The Balaban J connectivity index is 1.51. The van der Waals surface area contributed by atoms with Gasteiger partial charge in [0.2, 0.25) is 5.91 Å². The van der Waals surface area contributed by atoms with E-state index in [1.807, 2.05) is 18.2 Å². The number of carbonyl (C=O) groups is 2. The van der Waals surface area contributed by atoms with Gasteiger partial charge in [-0.05, 0) is 47.2 Å². The number of carbonyl (C=O) groups excluding carboxylic acids is 2. The first-order valence-corrected chi connectivity index (χ1v) is 10.1. The van der Waals surface area contributed by atoms with Gasteiger partial charge < -0.3 is 0 Å². The van der Waals surface area contributed by atoms with E-state index in [9.17, 15) is 18.0 Å². The van der Waals surface area contributed by atoms with E-state index in [4.69, 9.17) is 0 Å². The fourth-order valence-corrected chi connectivity index (χ4v) is 5.48. The first kappa shape index (κ1) is 16.1. The van der Waals surface area contributed by atoms with E-state index in [1.54, 1.807) is 6.07 Å². The number of hydrogen-bond donors (Lipinski definition) is 2. The normalized spacial score (nSPS) is 20.6. The number of hydrogen-bond acceptors (Lipinski definition) is 4. The van der Waals surface area contributed by atoms with Gasteiger partial charge in [-0.25, -0.2) is 8.42 Å². The Labute approximate surface area is 145 Å². The molecule has 0 spiro atoms. The predicted octanol–water partition coefficient (Wildman–Crippen LogP) is 1.13. The molecule has 1 aliphatic heterocycles. The van der Waals surface area contributed by atoms with E-state index in [1.165, 1.54) is 11.1 Å². The van der Waals surface area contributed by atoms with Gasteiger partial charge in [-0.3, -0.25) is 20.4 Å². The van der Waals surface area contributed by atoms with Crippen LogP contribution in [-0.4, -0.2) is 31.7 Å². The van der Waals surface area contributed by atoms with Crippen LogP contribution in [0.25, 0.3) is 10.8 Å². The number of rotatable bonds is 2. The molecule has 2 aromatic carbocycles. The molecule has 1 aliphatic carbocycles. The molecule has 0 saturated carbocycles. The van der Waals surface area contributed by atoms with Crippen LogP contribution in [0.3, 0.4) is 0 Å². The third-order valence-corrected chi connectivity index (χ3v) is 6.79. The molecule has 0 aromatic heterocycles. The molecule has 7 heteroatoms. The highest BCUT2D eigenvalue weighted by Gasteiger charge is 2.33. The summed E-state index contributed by atoms with van der Waals surface area (Å²) in [4.78, 5) is 24.6. The van der Waals surface area contributed by atoms with Crippen molar-refractivity contribution in [3.8, 4) is 0 Å². The summed E-state index contributed by atoms with van der Waals surface area (Å²) in [5.74, 6) is -1.59. The third-order valence-electron chi connectivity index (χ3n) is 5.02. The van der Waals surface area contributed by atoms with Crippen molar-refractivity contribution in [2.75, 3.05) is 11.5 Å². The molecule has 0 bridgehead atoms. The topological polar surface area (TPSA) is 92.3 Å². The van der Waals surface area contributed by atoms with Crippen molar-refractivity contribution in [2.45, 2.75) is 19.3 Å². The second-order valence-electron chi connectivity index (χ2n) is 6.66. The van der Waals surface area contributed by atoms with E-state index in [0.717, 1.165) is 23.6 Å². The summed E-state index contributed by atoms with van der Waals surface area (Å²) in [7, 11) is -3.14. The average Bonchev–Trinajstić information content (AvgIpc) is 3.17. The van der Waals surface area contributed by atoms with Crippen LogP contribution in [0.4, 0.5) is 0 Å². The molecule has 2 aliphatic rings. The van der Waals surface area contributed by atoms with Gasteiger partial charge in [0.15, 0.2) is 9.84 Å². The maximum Gasteiger partial charge on any atom is 0.270 e. The largest absolute Gasteiger partial charge is 0.273 e. The van der Waals surface area contributed by atoms with E-state index in [-0.39, 0.29) is 11.5 Å². The Morgan fingerprint density at radius 2 is 1.76 bits per heavy atom. The minimum absolute atomic E-state index is 0.0217. The van der Waals surface area contributed by atoms with Crippen LogP contribution < -0.4 is 10.9 Å². The van der Waals surface area contributed by atoms with Gasteiger partial charge in [-0.15, -0.1) is 0 Å². The molecular formula is C18H18N2O4S. The zero-order chi connectivity index (χ0) is 17.6. The van der Waals surface area contributed by atoms with E-state index >= 15 is 0 Å². The standard InChI is InChI=1S/C18H18N2O4S/c21-17(13-8-9-25(23,24)10-13)19-20-18(22)15-7-6-12-5-4-11-2-1-3-14(15)16(11)12/h1-3,6-7,13H,4-5,8-10H2,(H,19,21)(H,20,22)/t13-/m1/s1. The Kier molecular flexibility index (Phi) is 3.76. The van der Waals surface area contributed by atoms with Gasteiger partial charge >= 0.3 is 0 Å². The molecule has 25 heavy (non-hydrogen) atoms. The van der Waals surface area contributed by atoms with E-state index < -0.39 is 27.6 Å². The monoisotopic (exact) mass is 358 g/mol. The van der Waals surface area contributed by atoms with Gasteiger partial charge in [-0.2, -0.15) is 0 Å². The van der Waals surface area contributed by atoms with Crippen LogP contribution in [0.5, 0.6) is 0 Å². The lowest BCUT2D eigenvalue weighted by Gasteiger charge is -2.12. The predicted molar refractivity (Wildman–Crippen MR) is 93.7 cm³/mol. The van der Waals surface area contributed by atoms with Crippen LogP contribution >= 0.6 is 0 Å². The highest BCUT2D eigenvalue weighted by molar-refractivity contribution is 7.91. The second-order valence-corrected chi connectivity index (χ2v) is 8.88. The van der Waals surface area contributed by atoms with E-state index in [2.05, 4.69) is 16.9 Å². The lowest BCUT2D eigenvalue weighted by atomic mass is 9.99. The molecule has 1 heterocycles. The molecule has 4 rings (SSSR count). The van der Waals surface area contributed by atoms with Crippen molar-refractivity contribution in [3.05, 3.63) is 47.0 Å². The summed E-state index contributed by atoms with van der Waals surface area (Å²) in [6, 6.07) is 9.65. The first-order chi connectivity index (χ1) is 11.9. The maximum atomic E-state index is 12.5. The number of benzene rings is 2. The number of amides is 2. The van der Waals surface area contributed by atoms with Crippen molar-refractivity contribution < 1.29 is 18.0 Å². The summed E-state index contributed by atoms with van der Waals surface area (Å²) >= 11 is 0. The van der Waals surface area contributed by atoms with Gasteiger partial charge in [0.05, 0.1) is 17.4 Å². The molecule has 6 nitrogen and oxygen atoms in total. The van der Waals surface area contributed by atoms with Gasteiger partial charge in [0, 0.05) is 5.56 Å². The highest BCUT2D eigenvalue weighted by Crippen LogP contribution is 2.32. The van der Waals surface area contributed by atoms with Crippen molar-refractivity contribution in [2.24, 2.45) is 5.92 Å². The lowest BCUT2D eigenvalue weighted by Crippen LogP contribution is -2.44. The smallest absolute Gasteiger partial charge is 0.270 e. The van der Waals surface area contributed by atoms with Crippen molar-refractivity contribution in [1.29, 1.82) is 0 Å². The van der Waals surface area contributed by atoms with Crippen LogP contribution in [0.2, 0.25) is 0 Å². The number of aryl methyl sites for hydroxylation is 2. The SMILES string of the molecule is O=C(NNC(=O)[C@@H]1CCS(=O)(=O)C1)c1ccc2c3c(cccc13)CC2. The number of hydrazine groups is 1. The second kappa shape index (κ2) is 5.84. The minimum atomic E-state index is -3.14. The van der Waals surface area contributed by atoms with Crippen LogP contribution in [-0.2, 0) is 27.5 Å². The van der Waals surface area contributed by atoms with Gasteiger partial charge in [-0.1, -0.05) is 24.3 Å². The van der Waals surface area contributed by atoms with Crippen molar-refractivity contribution in [1.82, 2.24) is 10.9 Å². The van der Waals surface area contributed by atoms with E-state index in [0.29, 0.717) is 12.0 Å². The molecule has 0 radical (unpaired) electrons. The van der Waals surface area contributed by atoms with Crippen LogP contribution in [0.1, 0.15) is 27.9 Å². The molecular weight excluding hydrogens is 340 g/mol. The molecule has 1 fully saturated rings. The summed E-state index contributed by atoms with van der Waals surface area (Å²) in [6.45, 7) is 0. The number of sulfone groups is 1. The van der Waals surface area contributed by atoms with Crippen LogP contribution in [0.15, 0.2) is 30.3 Å². The Morgan fingerprint density at radius 1 is 1.00 bits per heavy atom. The molecule has 130 valence electrons. The van der Waals surface area contributed by atoms with Crippen molar-refractivity contribution >= 4 is 32.4 Å². The highest BCUT2D eigenvalue weighted by atomic mass is 32.2. The Hall–Kier alpha value is -2.41. The fourth-order valence-electron chi connectivity index (χ4n) is 3.73. The molecule has 1 atom stereocenters. The maximum absolute atomic E-state index is 12.5. The summed E-state index contributed by atoms with van der Waals surface area (Å²) in [6.07, 6.45) is 2.25. The summed E-state index contributed by atoms with van der Waals surface area (Å²) < 4.78 is 22.9. The van der Waals surface area contributed by atoms with Gasteiger partial charge in [0.25, 0.3) is 5.91 Å². The third kappa shape index (κ3) is 2.89. The zero-order valence-electron chi connectivity index (χ0n) is 13.5. The average molecular weight is 358 g/mol. The van der Waals surface area contributed by atoms with Crippen molar-refractivity contribution in [3.63, 3.8) is 0 Å². The quantitative estimate of drug-likeness (QED) is 0.788. The lowest BCUT2D eigenvalue weighted by molar-refractivity contribution is -0.125. The molecule has 2 aromatic rings. The molecule has 1 saturated heterocycles. The van der Waals surface area contributed by atoms with Crippen LogP contribution in [0, 0.1) is 5.92 Å². The minimum Gasteiger partial charge on any atom is -0.273 e. The first-order valence-electron chi connectivity index (χ1n) is 8.29. The molecule has 2 amide bonds. The Bertz CT molecular complexity index is 987. The number of nitrogens with one attached hydrogen (secondary N) is 2. The molecule has 2 N–H and O–H groups in total.